The van der Waals surface area contributed by atoms with Crippen molar-refractivity contribution < 1.29 is 4.79 Å². The molecule has 0 radical (unpaired) electrons. The lowest BCUT2D eigenvalue weighted by atomic mass is 10.0. The van der Waals surface area contributed by atoms with Crippen molar-refractivity contribution >= 4 is 38.9 Å². The summed E-state index contributed by atoms with van der Waals surface area (Å²) in [5.74, 6) is 0.0566. The van der Waals surface area contributed by atoms with Crippen molar-refractivity contribution in [3.63, 3.8) is 0 Å². The fourth-order valence-electron chi connectivity index (χ4n) is 3.10. The number of carbonyl (C=O) groups excluding carboxylic acids is 1. The number of hydrogen-bond donors (Lipinski definition) is 0. The summed E-state index contributed by atoms with van der Waals surface area (Å²) in [4.78, 5) is 17.8. The van der Waals surface area contributed by atoms with E-state index in [0.29, 0.717) is 15.9 Å². The fraction of sp³-hybridized carbons (Fsp3) is 0.471. The van der Waals surface area contributed by atoms with Crippen molar-refractivity contribution in [2.45, 2.75) is 25.8 Å². The number of nitrogens with zero attached hydrogens (tertiary/aromatic N) is 2. The van der Waals surface area contributed by atoms with Crippen LogP contribution >= 0.6 is 22.9 Å². The monoisotopic (exact) mass is 336 g/mol. The van der Waals surface area contributed by atoms with Gasteiger partial charge >= 0.3 is 0 Å². The van der Waals surface area contributed by atoms with E-state index in [1.165, 1.54) is 11.3 Å². The lowest BCUT2D eigenvalue weighted by molar-refractivity contribution is 0.0652. The first-order valence-electron chi connectivity index (χ1n) is 7.78. The molecule has 1 aliphatic rings. The molecule has 3 nitrogen and oxygen atoms in total. The number of carbonyl (C=O) groups is 1. The van der Waals surface area contributed by atoms with Gasteiger partial charge in [0.1, 0.15) is 4.88 Å². The van der Waals surface area contributed by atoms with Crippen LogP contribution in [0, 0.1) is 0 Å². The second kappa shape index (κ2) is 6.57. The largest absolute Gasteiger partial charge is 0.338 e. The molecule has 0 unspecified atom stereocenters. The van der Waals surface area contributed by atoms with Crippen molar-refractivity contribution in [3.05, 3.63) is 34.2 Å². The maximum Gasteiger partial charge on any atom is 0.265 e. The van der Waals surface area contributed by atoms with E-state index in [1.807, 2.05) is 36.2 Å². The summed E-state index contributed by atoms with van der Waals surface area (Å²) in [6.45, 7) is 5.41. The van der Waals surface area contributed by atoms with Gasteiger partial charge in [0.05, 0.1) is 5.02 Å². The Kier molecular flexibility index (Phi) is 4.71. The summed E-state index contributed by atoms with van der Waals surface area (Å²) in [5.41, 5.74) is 0. The summed E-state index contributed by atoms with van der Waals surface area (Å²) in [6, 6.07) is 8.25. The van der Waals surface area contributed by atoms with E-state index in [4.69, 9.17) is 11.6 Å². The number of piperidine rings is 1. The van der Waals surface area contributed by atoms with Gasteiger partial charge in [0.2, 0.25) is 0 Å². The third-order valence-electron chi connectivity index (χ3n) is 4.60. The summed E-state index contributed by atoms with van der Waals surface area (Å²) in [5, 5.41) is 1.58. The second-order valence-electron chi connectivity index (χ2n) is 5.82. The minimum atomic E-state index is 0.0566. The van der Waals surface area contributed by atoms with Crippen molar-refractivity contribution in [2.75, 3.05) is 26.7 Å². The maximum atomic E-state index is 12.8. The third kappa shape index (κ3) is 2.87. The van der Waals surface area contributed by atoms with E-state index < -0.39 is 0 Å². The zero-order valence-corrected chi connectivity index (χ0v) is 14.6. The van der Waals surface area contributed by atoms with Crippen molar-refractivity contribution in [1.29, 1.82) is 0 Å². The van der Waals surface area contributed by atoms with Crippen LogP contribution in [-0.2, 0) is 0 Å². The molecule has 0 atom stereocenters. The predicted octanol–water partition coefficient (Wildman–Crippen LogP) is 4.11. The van der Waals surface area contributed by atoms with E-state index in [9.17, 15) is 4.79 Å². The van der Waals surface area contributed by atoms with Gasteiger partial charge in [-0.05, 0) is 25.5 Å². The predicted molar refractivity (Wildman–Crippen MR) is 94.1 cm³/mol. The van der Waals surface area contributed by atoms with Gasteiger partial charge < -0.3 is 9.80 Å². The smallest absolute Gasteiger partial charge is 0.265 e. The minimum Gasteiger partial charge on any atom is -0.338 e. The standard InChI is InChI=1S/C17H21ClN2OS/c1-3-20-10-8-12(9-11-20)19(2)17(21)16-15(18)13-6-4-5-7-14(13)22-16/h4-7,12H,3,8-11H2,1-2H3. The average molecular weight is 337 g/mol. The molecule has 0 N–H and O–H groups in total. The first-order valence-corrected chi connectivity index (χ1v) is 8.97. The summed E-state index contributed by atoms with van der Waals surface area (Å²) >= 11 is 7.93. The molecule has 1 aromatic heterocycles. The molecule has 2 aromatic rings. The molecular weight excluding hydrogens is 316 g/mol. The maximum absolute atomic E-state index is 12.8. The van der Waals surface area contributed by atoms with Crippen LogP contribution < -0.4 is 0 Å². The lowest BCUT2D eigenvalue weighted by Crippen LogP contribution is -2.45. The fourth-order valence-corrected chi connectivity index (χ4v) is 4.60. The van der Waals surface area contributed by atoms with Crippen LogP contribution in [0.3, 0.4) is 0 Å². The van der Waals surface area contributed by atoms with Crippen molar-refractivity contribution in [3.8, 4) is 0 Å². The highest BCUT2D eigenvalue weighted by atomic mass is 35.5. The zero-order valence-electron chi connectivity index (χ0n) is 13.0. The lowest BCUT2D eigenvalue weighted by Gasteiger charge is -2.36. The number of rotatable bonds is 3. The molecule has 1 aromatic carbocycles. The SMILES string of the molecule is CCN1CCC(N(C)C(=O)c2sc3ccccc3c2Cl)CC1. The number of hydrogen-bond acceptors (Lipinski definition) is 3. The Morgan fingerprint density at radius 3 is 2.68 bits per heavy atom. The number of amides is 1. The van der Waals surface area contributed by atoms with E-state index in [-0.39, 0.29) is 5.91 Å². The van der Waals surface area contributed by atoms with Gasteiger partial charge in [-0.25, -0.2) is 0 Å². The van der Waals surface area contributed by atoms with Gasteiger partial charge in [0.25, 0.3) is 5.91 Å². The van der Waals surface area contributed by atoms with Gasteiger partial charge in [-0.3, -0.25) is 4.79 Å². The molecule has 1 saturated heterocycles. The van der Waals surface area contributed by atoms with Gasteiger partial charge in [-0.2, -0.15) is 0 Å². The Hall–Kier alpha value is -1.10. The Morgan fingerprint density at radius 1 is 1.36 bits per heavy atom. The molecule has 5 heteroatoms. The summed E-state index contributed by atoms with van der Waals surface area (Å²) in [6.07, 6.45) is 2.08. The van der Waals surface area contributed by atoms with Crippen LogP contribution in [0.1, 0.15) is 29.4 Å². The second-order valence-corrected chi connectivity index (χ2v) is 7.25. The van der Waals surface area contributed by atoms with Crippen LogP contribution in [0.4, 0.5) is 0 Å². The van der Waals surface area contributed by atoms with Gasteiger partial charge in [0.15, 0.2) is 0 Å². The van der Waals surface area contributed by atoms with Gasteiger partial charge in [0, 0.05) is 36.3 Å². The third-order valence-corrected chi connectivity index (χ3v) is 6.26. The van der Waals surface area contributed by atoms with E-state index in [0.717, 1.165) is 42.6 Å². The number of likely N-dealkylation sites (tertiary alicyclic amines) is 1. The van der Waals surface area contributed by atoms with Crippen molar-refractivity contribution in [1.82, 2.24) is 9.80 Å². The highest BCUT2D eigenvalue weighted by Gasteiger charge is 2.28. The Bertz CT molecular complexity index is 676. The van der Waals surface area contributed by atoms with Crippen LogP contribution in [0.2, 0.25) is 5.02 Å². The van der Waals surface area contributed by atoms with Gasteiger partial charge in [-0.1, -0.05) is 36.7 Å². The quantitative estimate of drug-likeness (QED) is 0.842. The number of thiophene rings is 1. The van der Waals surface area contributed by atoms with Gasteiger partial charge in [-0.15, -0.1) is 11.3 Å². The molecule has 0 spiro atoms. The van der Waals surface area contributed by atoms with E-state index in [1.54, 1.807) is 0 Å². The normalized spacial score (nSPS) is 17.0. The van der Waals surface area contributed by atoms with Crippen molar-refractivity contribution in [2.24, 2.45) is 0 Å². The first-order chi connectivity index (χ1) is 10.6. The molecule has 118 valence electrons. The average Bonchev–Trinajstić information content (AvgIpc) is 2.91. The zero-order chi connectivity index (χ0) is 15.7. The van der Waals surface area contributed by atoms with Crippen LogP contribution in [0.5, 0.6) is 0 Å². The molecule has 2 heterocycles. The Labute approximate surface area is 140 Å². The number of benzene rings is 1. The van der Waals surface area contributed by atoms with Crippen LogP contribution in [0.15, 0.2) is 24.3 Å². The molecule has 1 fully saturated rings. The highest BCUT2D eigenvalue weighted by Crippen LogP contribution is 2.36. The van der Waals surface area contributed by atoms with Crippen LogP contribution in [-0.4, -0.2) is 48.4 Å². The topological polar surface area (TPSA) is 23.6 Å². The Morgan fingerprint density at radius 2 is 2.05 bits per heavy atom. The first kappa shape index (κ1) is 15.8. The van der Waals surface area contributed by atoms with E-state index >= 15 is 0 Å². The molecule has 22 heavy (non-hydrogen) atoms. The molecule has 0 bridgehead atoms. The minimum absolute atomic E-state index is 0.0566. The summed E-state index contributed by atoms with van der Waals surface area (Å²) < 4.78 is 1.07. The number of fused-ring (bicyclic) bond motifs is 1. The van der Waals surface area contributed by atoms with Crippen LogP contribution in [0.25, 0.3) is 10.1 Å². The highest BCUT2D eigenvalue weighted by molar-refractivity contribution is 7.21. The summed E-state index contributed by atoms with van der Waals surface area (Å²) in [7, 11) is 1.91. The molecular formula is C17H21ClN2OS. The number of halogens is 1. The molecule has 3 rings (SSSR count). The molecule has 1 aliphatic heterocycles. The van der Waals surface area contributed by atoms with E-state index in [2.05, 4.69) is 11.8 Å². The molecule has 0 saturated carbocycles. The molecule has 0 aliphatic carbocycles. The Balaban J connectivity index is 1.79. The molecule has 1 amide bonds.